The smallest absolute Gasteiger partial charge is 0.267 e. The Labute approximate surface area is 179 Å². The Kier molecular flexibility index (Phi) is 5.42. The van der Waals surface area contributed by atoms with Gasteiger partial charge in [0.05, 0.1) is 11.8 Å². The summed E-state index contributed by atoms with van der Waals surface area (Å²) in [6.07, 6.45) is 0.565. The average Bonchev–Trinajstić information content (AvgIpc) is 3.14. The first-order chi connectivity index (χ1) is 13.5. The molecule has 0 N–H and O–H groups in total. The molecule has 0 aliphatic carbocycles. The molecule has 0 aromatic heterocycles. The van der Waals surface area contributed by atoms with Crippen LogP contribution in [0.4, 0.5) is 4.39 Å². The Bertz CT molecular complexity index is 1030. The van der Waals surface area contributed by atoms with Gasteiger partial charge in [0.15, 0.2) is 0 Å². The minimum atomic E-state index is -0.304. The fraction of sp³-hybridized carbons (Fsp3) is 0.0909. The highest BCUT2D eigenvalue weighted by Crippen LogP contribution is 2.34. The molecule has 0 fully saturated rings. The predicted octanol–water partition coefficient (Wildman–Crippen LogP) is 6.34. The summed E-state index contributed by atoms with van der Waals surface area (Å²) in [6.45, 7) is 0. The lowest BCUT2D eigenvalue weighted by atomic mass is 9.98. The summed E-state index contributed by atoms with van der Waals surface area (Å²) in [4.78, 5) is 13.2. The van der Waals surface area contributed by atoms with Crippen LogP contribution in [0.5, 0.6) is 0 Å². The highest BCUT2D eigenvalue weighted by Gasteiger charge is 2.33. The monoisotopic (exact) mass is 500 g/mol. The molecule has 1 heterocycles. The van der Waals surface area contributed by atoms with Gasteiger partial charge in [-0.25, -0.2) is 9.40 Å². The second kappa shape index (κ2) is 7.97. The molecule has 1 aliphatic heterocycles. The van der Waals surface area contributed by atoms with Crippen molar-refractivity contribution in [2.45, 2.75) is 12.5 Å². The predicted molar refractivity (Wildman–Crippen MR) is 115 cm³/mol. The van der Waals surface area contributed by atoms with Crippen molar-refractivity contribution in [1.82, 2.24) is 5.01 Å². The fourth-order valence-electron chi connectivity index (χ4n) is 3.18. The number of amides is 1. The van der Waals surface area contributed by atoms with Crippen molar-refractivity contribution in [2.75, 3.05) is 0 Å². The maximum atomic E-state index is 13.4. The van der Waals surface area contributed by atoms with Crippen molar-refractivity contribution in [3.8, 4) is 0 Å². The Morgan fingerprint density at radius 3 is 2.07 bits per heavy atom. The molecule has 28 heavy (non-hydrogen) atoms. The second-order valence-electron chi connectivity index (χ2n) is 6.48. The normalized spacial score (nSPS) is 16.2. The van der Waals surface area contributed by atoms with Crippen molar-refractivity contribution < 1.29 is 9.18 Å². The lowest BCUT2D eigenvalue weighted by Crippen LogP contribution is -2.27. The largest absolute Gasteiger partial charge is 0.274 e. The van der Waals surface area contributed by atoms with Crippen LogP contribution < -0.4 is 0 Å². The van der Waals surface area contributed by atoms with Crippen LogP contribution in [0.25, 0.3) is 0 Å². The summed E-state index contributed by atoms with van der Waals surface area (Å²) in [5.41, 5.74) is 3.19. The van der Waals surface area contributed by atoms with Gasteiger partial charge in [-0.15, -0.1) is 0 Å². The number of nitrogens with zero attached hydrogens (tertiary/aromatic N) is 2. The second-order valence-corrected chi connectivity index (χ2v) is 8.31. The summed E-state index contributed by atoms with van der Waals surface area (Å²) in [6, 6.07) is 21.0. The van der Waals surface area contributed by atoms with Gasteiger partial charge in [0.1, 0.15) is 5.82 Å². The third-order valence-corrected chi connectivity index (χ3v) is 5.70. The van der Waals surface area contributed by atoms with Crippen LogP contribution in [-0.4, -0.2) is 16.6 Å². The molecule has 1 aliphatic rings. The molecular formula is C22H15Br2FN2O. The SMILES string of the molecule is O=C(c1ccc(Br)cc1)N1N=C(c2ccc(Br)cc2)C[C@@H]1c1ccc(F)cc1. The number of carbonyl (C=O) groups excluding carboxylic acids is 1. The molecule has 1 amide bonds. The summed E-state index contributed by atoms with van der Waals surface area (Å²) in [5.74, 6) is -0.490. The highest BCUT2D eigenvalue weighted by atomic mass is 79.9. The van der Waals surface area contributed by atoms with Crippen LogP contribution in [0.1, 0.15) is 33.9 Å². The number of rotatable bonds is 3. The van der Waals surface area contributed by atoms with Crippen LogP contribution in [0, 0.1) is 5.82 Å². The van der Waals surface area contributed by atoms with Crippen molar-refractivity contribution in [3.63, 3.8) is 0 Å². The Morgan fingerprint density at radius 2 is 1.46 bits per heavy atom. The van der Waals surface area contributed by atoms with Gasteiger partial charge in [0.25, 0.3) is 5.91 Å². The third-order valence-electron chi connectivity index (χ3n) is 4.64. The van der Waals surface area contributed by atoms with E-state index in [1.807, 2.05) is 36.4 Å². The number of benzene rings is 3. The highest BCUT2D eigenvalue weighted by molar-refractivity contribution is 9.10. The topological polar surface area (TPSA) is 32.7 Å². The van der Waals surface area contributed by atoms with Crippen LogP contribution >= 0.6 is 31.9 Å². The number of carbonyl (C=O) groups is 1. The first-order valence-corrected chi connectivity index (χ1v) is 10.3. The minimum absolute atomic E-state index is 0.186. The van der Waals surface area contributed by atoms with Gasteiger partial charge in [-0.3, -0.25) is 4.79 Å². The minimum Gasteiger partial charge on any atom is -0.267 e. The molecule has 4 rings (SSSR count). The Hall–Kier alpha value is -2.31. The molecule has 6 heteroatoms. The van der Waals surface area contributed by atoms with E-state index in [4.69, 9.17) is 0 Å². The van der Waals surface area contributed by atoms with E-state index in [9.17, 15) is 9.18 Å². The molecule has 0 saturated carbocycles. The van der Waals surface area contributed by atoms with Crippen molar-refractivity contribution in [3.05, 3.63) is 104 Å². The molecule has 140 valence electrons. The molecule has 3 aromatic carbocycles. The Morgan fingerprint density at radius 1 is 0.893 bits per heavy atom. The van der Waals surface area contributed by atoms with E-state index in [0.717, 1.165) is 25.8 Å². The molecule has 0 bridgehead atoms. The van der Waals surface area contributed by atoms with Crippen molar-refractivity contribution in [1.29, 1.82) is 0 Å². The first kappa shape index (κ1) is 19.0. The van der Waals surface area contributed by atoms with Crippen LogP contribution in [0.2, 0.25) is 0 Å². The molecule has 1 atom stereocenters. The van der Waals surface area contributed by atoms with E-state index in [1.54, 1.807) is 24.3 Å². The van der Waals surface area contributed by atoms with E-state index in [0.29, 0.717) is 12.0 Å². The van der Waals surface area contributed by atoms with E-state index in [2.05, 4.69) is 37.0 Å². The van der Waals surface area contributed by atoms with Crippen molar-refractivity contribution in [2.24, 2.45) is 5.10 Å². The fourth-order valence-corrected chi connectivity index (χ4v) is 3.71. The van der Waals surface area contributed by atoms with Gasteiger partial charge in [-0.05, 0) is 59.7 Å². The van der Waals surface area contributed by atoms with Gasteiger partial charge in [-0.2, -0.15) is 5.10 Å². The lowest BCUT2D eigenvalue weighted by Gasteiger charge is -2.22. The molecule has 0 saturated heterocycles. The zero-order valence-corrected chi connectivity index (χ0v) is 17.8. The molecule has 0 spiro atoms. The van der Waals surface area contributed by atoms with E-state index >= 15 is 0 Å². The van der Waals surface area contributed by atoms with Gasteiger partial charge < -0.3 is 0 Å². The van der Waals surface area contributed by atoms with Gasteiger partial charge in [-0.1, -0.05) is 56.1 Å². The van der Waals surface area contributed by atoms with Crippen LogP contribution in [0.15, 0.2) is 86.8 Å². The van der Waals surface area contributed by atoms with Crippen LogP contribution in [-0.2, 0) is 0 Å². The van der Waals surface area contributed by atoms with E-state index < -0.39 is 0 Å². The summed E-state index contributed by atoms with van der Waals surface area (Å²) >= 11 is 6.82. The lowest BCUT2D eigenvalue weighted by molar-refractivity contribution is 0.0711. The van der Waals surface area contributed by atoms with E-state index in [-0.39, 0.29) is 17.8 Å². The van der Waals surface area contributed by atoms with Gasteiger partial charge in [0.2, 0.25) is 0 Å². The van der Waals surface area contributed by atoms with Gasteiger partial charge in [0, 0.05) is 20.9 Å². The Balaban J connectivity index is 1.72. The standard InChI is InChI=1S/C22H15Br2FN2O/c23-17-7-1-14(2-8-17)20-13-21(15-5-11-19(25)12-6-15)27(26-20)22(28)16-3-9-18(24)10-4-16/h1-12,21H,13H2/t21-/m1/s1. The molecule has 3 nitrogen and oxygen atoms in total. The zero-order chi connectivity index (χ0) is 19.7. The molecular weight excluding hydrogens is 487 g/mol. The molecule has 3 aromatic rings. The quantitative estimate of drug-likeness (QED) is 0.412. The van der Waals surface area contributed by atoms with Gasteiger partial charge >= 0.3 is 0 Å². The number of hydrazone groups is 1. The first-order valence-electron chi connectivity index (χ1n) is 8.69. The van der Waals surface area contributed by atoms with Crippen molar-refractivity contribution >= 4 is 43.5 Å². The van der Waals surface area contributed by atoms with E-state index in [1.165, 1.54) is 17.1 Å². The third kappa shape index (κ3) is 3.93. The molecule has 0 radical (unpaired) electrons. The zero-order valence-electron chi connectivity index (χ0n) is 14.6. The average molecular weight is 502 g/mol. The maximum absolute atomic E-state index is 13.4. The summed E-state index contributed by atoms with van der Waals surface area (Å²) in [5, 5.41) is 6.15. The maximum Gasteiger partial charge on any atom is 0.274 e. The summed E-state index contributed by atoms with van der Waals surface area (Å²) < 4.78 is 15.3. The number of hydrogen-bond donors (Lipinski definition) is 0. The summed E-state index contributed by atoms with van der Waals surface area (Å²) in [7, 11) is 0. The number of hydrogen-bond acceptors (Lipinski definition) is 2. The van der Waals surface area contributed by atoms with Crippen LogP contribution in [0.3, 0.4) is 0 Å². The molecule has 0 unspecified atom stereocenters. The number of halogens is 3.